The highest BCUT2D eigenvalue weighted by atomic mass is 16.6. The lowest BCUT2D eigenvalue weighted by Crippen LogP contribution is -2.53. The van der Waals surface area contributed by atoms with Crippen LogP contribution in [0.5, 0.6) is 0 Å². The van der Waals surface area contributed by atoms with E-state index >= 15 is 0 Å². The number of piperazine rings is 1. The lowest BCUT2D eigenvalue weighted by Gasteiger charge is -2.38. The van der Waals surface area contributed by atoms with Crippen LogP contribution in [-0.4, -0.2) is 60.6 Å². The van der Waals surface area contributed by atoms with E-state index in [1.807, 2.05) is 4.90 Å². The van der Waals surface area contributed by atoms with E-state index in [1.54, 1.807) is 11.8 Å². The van der Waals surface area contributed by atoms with Crippen LogP contribution in [0.3, 0.4) is 0 Å². The van der Waals surface area contributed by atoms with Gasteiger partial charge in [-0.25, -0.2) is 4.79 Å². The highest BCUT2D eigenvalue weighted by Gasteiger charge is 2.33. The van der Waals surface area contributed by atoms with E-state index in [2.05, 4.69) is 6.92 Å². The number of rotatable bonds is 2. The van der Waals surface area contributed by atoms with Crippen LogP contribution in [0.4, 0.5) is 4.79 Å². The summed E-state index contributed by atoms with van der Waals surface area (Å²) in [7, 11) is 0. The third-order valence-electron chi connectivity index (χ3n) is 4.45. The second-order valence-electron chi connectivity index (χ2n) is 6.28. The Labute approximate surface area is 126 Å². The molecule has 2 rings (SSSR count). The minimum Gasteiger partial charge on any atom is -0.450 e. The van der Waals surface area contributed by atoms with Crippen molar-refractivity contribution in [2.24, 2.45) is 17.6 Å². The molecule has 3 unspecified atom stereocenters. The highest BCUT2D eigenvalue weighted by Crippen LogP contribution is 2.29. The Morgan fingerprint density at radius 1 is 1.10 bits per heavy atom. The molecular weight excluding hydrogens is 270 g/mol. The predicted molar refractivity (Wildman–Crippen MR) is 79.7 cm³/mol. The van der Waals surface area contributed by atoms with E-state index < -0.39 is 0 Å². The zero-order chi connectivity index (χ0) is 15.4. The molecule has 0 radical (unpaired) electrons. The zero-order valence-electron chi connectivity index (χ0n) is 13.1. The van der Waals surface area contributed by atoms with E-state index in [-0.39, 0.29) is 24.0 Å². The van der Waals surface area contributed by atoms with Crippen molar-refractivity contribution in [3.05, 3.63) is 0 Å². The minimum absolute atomic E-state index is 0.0536. The molecule has 1 heterocycles. The number of nitrogens with two attached hydrogens (primary N) is 1. The van der Waals surface area contributed by atoms with Gasteiger partial charge in [0, 0.05) is 38.1 Å². The van der Waals surface area contributed by atoms with Crippen LogP contribution in [-0.2, 0) is 9.53 Å². The van der Waals surface area contributed by atoms with Gasteiger partial charge in [0.05, 0.1) is 6.61 Å². The second kappa shape index (κ2) is 7.11. The average Bonchev–Trinajstić information content (AvgIpc) is 2.46. The summed E-state index contributed by atoms with van der Waals surface area (Å²) in [6.07, 6.45) is 2.46. The van der Waals surface area contributed by atoms with Gasteiger partial charge in [-0.1, -0.05) is 6.92 Å². The molecule has 0 aromatic rings. The average molecular weight is 297 g/mol. The maximum Gasteiger partial charge on any atom is 0.409 e. The molecule has 6 nitrogen and oxygen atoms in total. The molecule has 2 aliphatic rings. The van der Waals surface area contributed by atoms with Gasteiger partial charge in [-0.15, -0.1) is 0 Å². The monoisotopic (exact) mass is 297 g/mol. The molecule has 0 aromatic carbocycles. The van der Waals surface area contributed by atoms with Crippen LogP contribution in [0.1, 0.15) is 33.1 Å². The molecule has 3 atom stereocenters. The van der Waals surface area contributed by atoms with E-state index in [1.165, 1.54) is 0 Å². The molecule has 120 valence electrons. The third-order valence-corrected chi connectivity index (χ3v) is 4.45. The molecule has 2 fully saturated rings. The van der Waals surface area contributed by atoms with Crippen LogP contribution >= 0.6 is 0 Å². The fourth-order valence-electron chi connectivity index (χ4n) is 3.44. The van der Waals surface area contributed by atoms with Crippen molar-refractivity contribution < 1.29 is 14.3 Å². The summed E-state index contributed by atoms with van der Waals surface area (Å²) in [6.45, 7) is 6.65. The Bertz CT molecular complexity index is 370. The Morgan fingerprint density at radius 2 is 1.71 bits per heavy atom. The topological polar surface area (TPSA) is 75.9 Å². The fraction of sp³-hybridized carbons (Fsp3) is 0.867. The number of hydrogen-bond acceptors (Lipinski definition) is 4. The number of carbonyl (C=O) groups excluding carboxylic acids is 2. The first-order valence-corrected chi connectivity index (χ1v) is 7.97. The van der Waals surface area contributed by atoms with Crippen molar-refractivity contribution in [3.63, 3.8) is 0 Å². The van der Waals surface area contributed by atoms with Gasteiger partial charge in [0.15, 0.2) is 0 Å². The lowest BCUT2D eigenvalue weighted by atomic mass is 9.79. The van der Waals surface area contributed by atoms with E-state index in [9.17, 15) is 9.59 Å². The quantitative estimate of drug-likeness (QED) is 0.826. The Hall–Kier alpha value is -1.30. The molecule has 1 saturated carbocycles. The van der Waals surface area contributed by atoms with Crippen molar-refractivity contribution in [1.82, 2.24) is 9.80 Å². The smallest absolute Gasteiger partial charge is 0.409 e. The van der Waals surface area contributed by atoms with Crippen molar-refractivity contribution in [2.45, 2.75) is 39.2 Å². The highest BCUT2D eigenvalue weighted by molar-refractivity contribution is 5.79. The van der Waals surface area contributed by atoms with E-state index in [0.717, 1.165) is 19.3 Å². The summed E-state index contributed by atoms with van der Waals surface area (Å²) in [5, 5.41) is 0. The first kappa shape index (κ1) is 16.1. The molecule has 0 aromatic heterocycles. The SMILES string of the molecule is CCOC(=O)N1CCN(C(=O)C2CC(C)CC(N)C2)CC1. The van der Waals surface area contributed by atoms with Crippen molar-refractivity contribution >= 4 is 12.0 Å². The first-order chi connectivity index (χ1) is 10.0. The number of nitrogens with zero attached hydrogens (tertiary/aromatic N) is 2. The number of ether oxygens (including phenoxy) is 1. The van der Waals surface area contributed by atoms with Crippen LogP contribution < -0.4 is 5.73 Å². The van der Waals surface area contributed by atoms with E-state index in [4.69, 9.17) is 10.5 Å². The van der Waals surface area contributed by atoms with Crippen molar-refractivity contribution in [1.29, 1.82) is 0 Å². The minimum atomic E-state index is -0.280. The van der Waals surface area contributed by atoms with Gasteiger partial charge in [0.1, 0.15) is 0 Å². The molecule has 2 N–H and O–H groups in total. The summed E-state index contributed by atoms with van der Waals surface area (Å²) in [5.41, 5.74) is 6.04. The lowest BCUT2D eigenvalue weighted by molar-refractivity contribution is -0.138. The van der Waals surface area contributed by atoms with Gasteiger partial charge in [-0.2, -0.15) is 0 Å². The Morgan fingerprint density at radius 3 is 2.29 bits per heavy atom. The fourth-order valence-corrected chi connectivity index (χ4v) is 3.44. The molecular formula is C15H27N3O3. The number of hydrogen-bond donors (Lipinski definition) is 1. The molecule has 0 bridgehead atoms. The summed E-state index contributed by atoms with van der Waals surface area (Å²) in [4.78, 5) is 27.8. The summed E-state index contributed by atoms with van der Waals surface area (Å²) >= 11 is 0. The Balaban J connectivity index is 1.84. The van der Waals surface area contributed by atoms with Crippen LogP contribution in [0.2, 0.25) is 0 Å². The van der Waals surface area contributed by atoms with Crippen LogP contribution in [0, 0.1) is 11.8 Å². The van der Waals surface area contributed by atoms with Gasteiger partial charge in [0.25, 0.3) is 0 Å². The molecule has 0 spiro atoms. The van der Waals surface area contributed by atoms with Crippen LogP contribution in [0.25, 0.3) is 0 Å². The number of amides is 2. The van der Waals surface area contributed by atoms with Gasteiger partial charge in [-0.3, -0.25) is 4.79 Å². The molecule has 2 amide bonds. The largest absolute Gasteiger partial charge is 0.450 e. The van der Waals surface area contributed by atoms with Gasteiger partial charge in [-0.05, 0) is 32.1 Å². The molecule has 1 saturated heterocycles. The predicted octanol–water partition coefficient (Wildman–Crippen LogP) is 1.05. The van der Waals surface area contributed by atoms with E-state index in [0.29, 0.717) is 38.7 Å². The molecule has 1 aliphatic heterocycles. The van der Waals surface area contributed by atoms with Crippen LogP contribution in [0.15, 0.2) is 0 Å². The third kappa shape index (κ3) is 4.09. The summed E-state index contributed by atoms with van der Waals surface area (Å²) < 4.78 is 4.99. The van der Waals surface area contributed by atoms with Gasteiger partial charge >= 0.3 is 6.09 Å². The van der Waals surface area contributed by atoms with Gasteiger partial charge < -0.3 is 20.3 Å². The molecule has 21 heavy (non-hydrogen) atoms. The normalized spacial score (nSPS) is 30.1. The van der Waals surface area contributed by atoms with Gasteiger partial charge in [0.2, 0.25) is 5.91 Å². The standard InChI is InChI=1S/C15H27N3O3/c1-3-21-15(20)18-6-4-17(5-7-18)14(19)12-8-11(2)9-13(16)10-12/h11-13H,3-10,16H2,1-2H3. The summed E-state index contributed by atoms with van der Waals surface area (Å²) in [6, 6.07) is 0.142. The maximum atomic E-state index is 12.6. The molecule has 6 heteroatoms. The first-order valence-electron chi connectivity index (χ1n) is 7.97. The summed E-state index contributed by atoms with van der Waals surface area (Å²) in [5.74, 6) is 0.780. The molecule has 1 aliphatic carbocycles. The number of carbonyl (C=O) groups is 2. The maximum absolute atomic E-state index is 12.6. The second-order valence-corrected chi connectivity index (χ2v) is 6.28. The Kier molecular flexibility index (Phi) is 5.45. The van der Waals surface area contributed by atoms with Crippen molar-refractivity contribution in [3.8, 4) is 0 Å². The zero-order valence-corrected chi connectivity index (χ0v) is 13.1. The van der Waals surface area contributed by atoms with Crippen molar-refractivity contribution in [2.75, 3.05) is 32.8 Å².